The molecular weight excluding hydrogens is 192 g/mol. The van der Waals surface area contributed by atoms with Crippen LogP contribution in [0.2, 0.25) is 0 Å². The highest BCUT2D eigenvalue weighted by Crippen LogP contribution is 2.11. The average molecular weight is 209 g/mol. The largest absolute Gasteiger partial charge is 0.298 e. The molecular formula is C9H17ClOS. The van der Waals surface area contributed by atoms with E-state index in [0.717, 1.165) is 11.5 Å². The first-order valence-corrected chi connectivity index (χ1v) is 5.99. The molecule has 0 radical (unpaired) electrons. The number of thioether (sulfide) groups is 1. The van der Waals surface area contributed by atoms with Gasteiger partial charge in [-0.3, -0.25) is 4.79 Å². The number of rotatable bonds is 7. The highest BCUT2D eigenvalue weighted by molar-refractivity contribution is 7.99. The van der Waals surface area contributed by atoms with Crippen LogP contribution in [0.4, 0.5) is 0 Å². The fourth-order valence-electron chi connectivity index (χ4n) is 0.758. The molecule has 0 rings (SSSR count). The molecule has 1 nitrogen and oxygen atoms in total. The van der Waals surface area contributed by atoms with Gasteiger partial charge in [0.15, 0.2) is 0 Å². The molecule has 1 atom stereocenters. The van der Waals surface area contributed by atoms with Gasteiger partial charge in [-0.25, -0.2) is 0 Å². The van der Waals surface area contributed by atoms with Gasteiger partial charge in [0.25, 0.3) is 0 Å². The summed E-state index contributed by atoms with van der Waals surface area (Å²) in [5, 5.41) is -0.281. The number of hydrogen-bond donors (Lipinski definition) is 0. The Morgan fingerprint density at radius 3 is 2.67 bits per heavy atom. The van der Waals surface area contributed by atoms with Crippen LogP contribution >= 0.6 is 23.4 Å². The Balaban J connectivity index is 3.14. The molecule has 0 spiro atoms. The van der Waals surface area contributed by atoms with E-state index in [-0.39, 0.29) is 11.2 Å². The first-order chi connectivity index (χ1) is 5.68. The maximum Gasteiger partial charge on any atom is 0.148 e. The normalized spacial score (nSPS) is 12.9. The molecule has 1 unspecified atom stereocenters. The van der Waals surface area contributed by atoms with Crippen LogP contribution in [0.15, 0.2) is 0 Å². The molecule has 0 fully saturated rings. The van der Waals surface area contributed by atoms with Gasteiger partial charge in [0.05, 0.1) is 0 Å². The van der Waals surface area contributed by atoms with Crippen LogP contribution in [-0.2, 0) is 4.79 Å². The van der Waals surface area contributed by atoms with Gasteiger partial charge >= 0.3 is 0 Å². The van der Waals surface area contributed by atoms with Crippen molar-refractivity contribution >= 4 is 29.1 Å². The minimum atomic E-state index is -0.281. The fourth-order valence-corrected chi connectivity index (χ4v) is 2.04. The molecule has 0 aliphatic heterocycles. The van der Waals surface area contributed by atoms with Crippen LogP contribution in [0, 0.1) is 0 Å². The molecule has 0 saturated carbocycles. The fraction of sp³-hybridized carbons (Fsp3) is 0.889. The van der Waals surface area contributed by atoms with Gasteiger partial charge in [-0.1, -0.05) is 19.8 Å². The zero-order chi connectivity index (χ0) is 9.40. The van der Waals surface area contributed by atoms with Gasteiger partial charge in [0, 0.05) is 5.75 Å². The van der Waals surface area contributed by atoms with E-state index in [1.807, 2.05) is 0 Å². The van der Waals surface area contributed by atoms with Crippen molar-refractivity contribution in [3.05, 3.63) is 0 Å². The van der Waals surface area contributed by atoms with Crippen LogP contribution in [0.25, 0.3) is 0 Å². The molecule has 3 heteroatoms. The highest BCUT2D eigenvalue weighted by atomic mass is 35.5. The van der Waals surface area contributed by atoms with E-state index >= 15 is 0 Å². The summed E-state index contributed by atoms with van der Waals surface area (Å²) < 4.78 is 0. The minimum Gasteiger partial charge on any atom is -0.298 e. The molecule has 0 aromatic carbocycles. The van der Waals surface area contributed by atoms with Gasteiger partial charge in [-0.05, 0) is 19.1 Å². The van der Waals surface area contributed by atoms with Crippen molar-refractivity contribution in [3.63, 3.8) is 0 Å². The summed E-state index contributed by atoms with van der Waals surface area (Å²) in [6.45, 7) is 3.73. The number of ketones is 1. The van der Waals surface area contributed by atoms with Crippen molar-refractivity contribution in [1.29, 1.82) is 0 Å². The Labute approximate surface area is 84.2 Å². The topological polar surface area (TPSA) is 17.1 Å². The smallest absolute Gasteiger partial charge is 0.148 e. The van der Waals surface area contributed by atoms with E-state index < -0.39 is 0 Å². The quantitative estimate of drug-likeness (QED) is 0.473. The summed E-state index contributed by atoms with van der Waals surface area (Å²) in [5.74, 6) is 1.98. The standard InChI is InChI=1S/C9H17ClOS/c1-3-4-5-6-12-7-9(10)8(2)11/h9H,3-7H2,1-2H3. The van der Waals surface area contributed by atoms with Crippen molar-refractivity contribution in [2.24, 2.45) is 0 Å². The lowest BCUT2D eigenvalue weighted by Crippen LogP contribution is -2.13. The molecule has 0 saturated heterocycles. The molecule has 12 heavy (non-hydrogen) atoms. The lowest BCUT2D eigenvalue weighted by atomic mass is 10.3. The zero-order valence-corrected chi connectivity index (χ0v) is 9.38. The number of hydrogen-bond acceptors (Lipinski definition) is 2. The van der Waals surface area contributed by atoms with Gasteiger partial charge < -0.3 is 0 Å². The molecule has 0 aromatic heterocycles. The van der Waals surface area contributed by atoms with Crippen molar-refractivity contribution < 1.29 is 4.79 Å². The Hall–Kier alpha value is 0.310. The van der Waals surface area contributed by atoms with Crippen molar-refractivity contribution in [2.45, 2.75) is 38.5 Å². The predicted octanol–water partition coefficient (Wildman–Crippen LogP) is 3.11. The van der Waals surface area contributed by atoms with E-state index in [9.17, 15) is 4.79 Å². The summed E-state index contributed by atoms with van der Waals surface area (Å²) in [5.41, 5.74) is 0. The number of alkyl halides is 1. The first-order valence-electron chi connectivity index (χ1n) is 4.40. The summed E-state index contributed by atoms with van der Waals surface area (Å²) in [7, 11) is 0. The van der Waals surface area contributed by atoms with Crippen LogP contribution in [0.5, 0.6) is 0 Å². The molecule has 0 bridgehead atoms. The zero-order valence-electron chi connectivity index (χ0n) is 7.81. The molecule has 0 aliphatic carbocycles. The van der Waals surface area contributed by atoms with Crippen molar-refractivity contribution in [2.75, 3.05) is 11.5 Å². The predicted molar refractivity (Wildman–Crippen MR) is 57.2 cm³/mol. The molecule has 0 N–H and O–H groups in total. The lowest BCUT2D eigenvalue weighted by Gasteiger charge is -2.04. The molecule has 0 heterocycles. The number of halogens is 1. The van der Waals surface area contributed by atoms with E-state index in [2.05, 4.69) is 6.92 Å². The summed E-state index contributed by atoms with van der Waals surface area (Å²) in [6.07, 6.45) is 3.76. The summed E-state index contributed by atoms with van der Waals surface area (Å²) in [4.78, 5) is 10.7. The van der Waals surface area contributed by atoms with E-state index in [1.54, 1.807) is 18.7 Å². The Bertz CT molecular complexity index is 128. The minimum absolute atomic E-state index is 0.0830. The Morgan fingerprint density at radius 2 is 2.17 bits per heavy atom. The van der Waals surface area contributed by atoms with E-state index in [0.29, 0.717) is 0 Å². The number of carbonyl (C=O) groups is 1. The number of Topliss-reactive ketones (excluding diaryl/α,β-unsaturated/α-hetero) is 1. The van der Waals surface area contributed by atoms with Crippen LogP contribution < -0.4 is 0 Å². The average Bonchev–Trinajstić information content (AvgIpc) is 2.03. The van der Waals surface area contributed by atoms with Gasteiger partial charge in [0.1, 0.15) is 11.2 Å². The van der Waals surface area contributed by atoms with E-state index in [1.165, 1.54) is 19.3 Å². The second kappa shape index (κ2) is 7.93. The lowest BCUT2D eigenvalue weighted by molar-refractivity contribution is -0.116. The highest BCUT2D eigenvalue weighted by Gasteiger charge is 2.08. The third-order valence-corrected chi connectivity index (χ3v) is 3.39. The number of unbranched alkanes of at least 4 members (excludes halogenated alkanes) is 2. The molecule has 0 aliphatic rings. The molecule has 0 amide bonds. The first kappa shape index (κ1) is 12.3. The second-order valence-corrected chi connectivity index (χ2v) is 4.54. The Morgan fingerprint density at radius 1 is 1.50 bits per heavy atom. The van der Waals surface area contributed by atoms with Crippen molar-refractivity contribution in [3.8, 4) is 0 Å². The monoisotopic (exact) mass is 208 g/mol. The molecule has 0 aromatic rings. The summed E-state index contributed by atoms with van der Waals surface area (Å²) >= 11 is 7.54. The molecule has 72 valence electrons. The second-order valence-electron chi connectivity index (χ2n) is 2.86. The van der Waals surface area contributed by atoms with Gasteiger partial charge in [-0.15, -0.1) is 11.6 Å². The summed E-state index contributed by atoms with van der Waals surface area (Å²) in [6, 6.07) is 0. The SMILES string of the molecule is CCCCCSCC(Cl)C(C)=O. The van der Waals surface area contributed by atoms with Crippen LogP contribution in [0.3, 0.4) is 0 Å². The maximum atomic E-state index is 10.7. The third-order valence-electron chi connectivity index (χ3n) is 1.60. The number of carbonyl (C=O) groups excluding carboxylic acids is 1. The van der Waals surface area contributed by atoms with Gasteiger partial charge in [0.2, 0.25) is 0 Å². The maximum absolute atomic E-state index is 10.7. The van der Waals surface area contributed by atoms with Gasteiger partial charge in [-0.2, -0.15) is 11.8 Å². The van der Waals surface area contributed by atoms with E-state index in [4.69, 9.17) is 11.6 Å². The van der Waals surface area contributed by atoms with Crippen LogP contribution in [-0.4, -0.2) is 22.7 Å². The third kappa shape index (κ3) is 6.99. The van der Waals surface area contributed by atoms with Crippen LogP contribution in [0.1, 0.15) is 33.1 Å². The van der Waals surface area contributed by atoms with Crippen molar-refractivity contribution in [1.82, 2.24) is 0 Å². The Kier molecular flexibility index (Phi) is 8.14.